The number of fused-ring (bicyclic) bond motifs is 1. The molecule has 1 heterocycles. The predicted molar refractivity (Wildman–Crippen MR) is 75.5 cm³/mol. The van der Waals surface area contributed by atoms with Gasteiger partial charge in [-0.1, -0.05) is 6.07 Å². The molecule has 0 saturated heterocycles. The van der Waals surface area contributed by atoms with Crippen molar-refractivity contribution >= 4 is 11.0 Å². The van der Waals surface area contributed by atoms with Crippen LogP contribution in [0.15, 0.2) is 36.4 Å². The first kappa shape index (κ1) is 13.3. The van der Waals surface area contributed by atoms with Gasteiger partial charge < -0.3 is 4.57 Å². The van der Waals surface area contributed by atoms with Crippen LogP contribution in [-0.4, -0.2) is 9.55 Å². The quantitative estimate of drug-likeness (QED) is 0.716. The Balaban J connectivity index is 2.35. The molecule has 0 atom stereocenters. The molecule has 3 rings (SSSR count). The van der Waals surface area contributed by atoms with Gasteiger partial charge in [0.05, 0.1) is 28.2 Å². The Morgan fingerprint density at radius 1 is 1.19 bits per heavy atom. The van der Waals surface area contributed by atoms with E-state index in [1.807, 2.05) is 13.0 Å². The molecule has 0 radical (unpaired) electrons. The molecular formula is C16H11F2N3. The lowest BCUT2D eigenvalue weighted by atomic mass is 10.2. The zero-order valence-electron chi connectivity index (χ0n) is 11.3. The van der Waals surface area contributed by atoms with Gasteiger partial charge in [0.1, 0.15) is 17.5 Å². The lowest BCUT2D eigenvalue weighted by Gasteiger charge is -2.07. The van der Waals surface area contributed by atoms with E-state index in [-0.39, 0.29) is 11.4 Å². The van der Waals surface area contributed by atoms with E-state index < -0.39 is 11.6 Å². The molecule has 0 amide bonds. The molecule has 0 unspecified atom stereocenters. The summed E-state index contributed by atoms with van der Waals surface area (Å²) in [5.74, 6) is -1.07. The minimum atomic E-state index is -0.652. The number of aryl methyl sites for hydroxylation is 1. The van der Waals surface area contributed by atoms with Gasteiger partial charge in [-0.2, -0.15) is 5.26 Å². The number of hydrogen-bond acceptors (Lipinski definition) is 2. The second-order valence-electron chi connectivity index (χ2n) is 4.59. The van der Waals surface area contributed by atoms with Gasteiger partial charge in [0, 0.05) is 6.54 Å². The highest BCUT2D eigenvalue weighted by Gasteiger charge is 2.18. The van der Waals surface area contributed by atoms with Crippen molar-refractivity contribution in [1.82, 2.24) is 9.55 Å². The summed E-state index contributed by atoms with van der Waals surface area (Å²) in [5, 5.41) is 8.93. The van der Waals surface area contributed by atoms with Crippen LogP contribution in [0.3, 0.4) is 0 Å². The van der Waals surface area contributed by atoms with E-state index in [9.17, 15) is 8.78 Å². The lowest BCUT2D eigenvalue weighted by Crippen LogP contribution is -2.01. The molecule has 3 aromatic rings. The first-order valence-corrected chi connectivity index (χ1v) is 6.50. The summed E-state index contributed by atoms with van der Waals surface area (Å²) >= 11 is 0. The van der Waals surface area contributed by atoms with Crippen molar-refractivity contribution in [1.29, 1.82) is 5.26 Å². The highest BCUT2D eigenvalue weighted by atomic mass is 19.1. The summed E-state index contributed by atoms with van der Waals surface area (Å²) < 4.78 is 29.7. The smallest absolute Gasteiger partial charge is 0.147 e. The second kappa shape index (κ2) is 4.98. The van der Waals surface area contributed by atoms with Crippen molar-refractivity contribution in [3.05, 3.63) is 53.6 Å². The molecule has 0 saturated carbocycles. The van der Waals surface area contributed by atoms with Crippen LogP contribution in [0.4, 0.5) is 8.78 Å². The largest absolute Gasteiger partial charge is 0.324 e. The Hall–Kier alpha value is -2.74. The zero-order valence-corrected chi connectivity index (χ0v) is 11.3. The monoisotopic (exact) mass is 283 g/mol. The molecule has 0 aliphatic rings. The first-order valence-electron chi connectivity index (χ1n) is 6.50. The van der Waals surface area contributed by atoms with Crippen LogP contribution in [0.25, 0.3) is 22.4 Å². The third-order valence-corrected chi connectivity index (χ3v) is 3.38. The lowest BCUT2D eigenvalue weighted by molar-refractivity contribution is 0.585. The highest BCUT2D eigenvalue weighted by Crippen LogP contribution is 2.29. The average molecular weight is 283 g/mol. The van der Waals surface area contributed by atoms with E-state index >= 15 is 0 Å². The number of nitrogens with zero attached hydrogens (tertiary/aromatic N) is 3. The van der Waals surface area contributed by atoms with E-state index in [1.54, 1.807) is 22.8 Å². The van der Waals surface area contributed by atoms with Crippen molar-refractivity contribution in [3.63, 3.8) is 0 Å². The van der Waals surface area contributed by atoms with Crippen LogP contribution in [0.5, 0.6) is 0 Å². The van der Waals surface area contributed by atoms with Crippen molar-refractivity contribution in [2.24, 2.45) is 0 Å². The van der Waals surface area contributed by atoms with Crippen LogP contribution in [-0.2, 0) is 6.54 Å². The van der Waals surface area contributed by atoms with Crippen molar-refractivity contribution in [3.8, 4) is 17.5 Å². The number of benzene rings is 2. The average Bonchev–Trinajstić information content (AvgIpc) is 2.84. The maximum absolute atomic E-state index is 14.0. The van der Waals surface area contributed by atoms with E-state index in [4.69, 9.17) is 5.26 Å². The molecule has 0 N–H and O–H groups in total. The van der Waals surface area contributed by atoms with Gasteiger partial charge in [0.2, 0.25) is 0 Å². The first-order chi connectivity index (χ1) is 10.2. The zero-order chi connectivity index (χ0) is 15.0. The Bertz CT molecular complexity index is 855. The molecular weight excluding hydrogens is 272 g/mol. The van der Waals surface area contributed by atoms with Crippen LogP contribution < -0.4 is 0 Å². The minimum absolute atomic E-state index is 0.144. The van der Waals surface area contributed by atoms with E-state index in [2.05, 4.69) is 4.98 Å². The summed E-state index contributed by atoms with van der Waals surface area (Å²) in [5.41, 5.74) is 1.61. The number of hydrogen-bond donors (Lipinski definition) is 0. The fourth-order valence-electron chi connectivity index (χ4n) is 2.42. The number of rotatable bonds is 2. The molecule has 0 fully saturated rings. The van der Waals surface area contributed by atoms with Gasteiger partial charge in [-0.25, -0.2) is 13.8 Å². The van der Waals surface area contributed by atoms with Crippen molar-refractivity contribution in [2.75, 3.05) is 0 Å². The molecule has 0 bridgehead atoms. The van der Waals surface area contributed by atoms with Gasteiger partial charge in [0.15, 0.2) is 0 Å². The molecule has 21 heavy (non-hydrogen) atoms. The van der Waals surface area contributed by atoms with E-state index in [1.165, 1.54) is 18.2 Å². The van der Waals surface area contributed by atoms with Gasteiger partial charge in [-0.15, -0.1) is 0 Å². The predicted octanol–water partition coefficient (Wildman–Crippen LogP) is 3.87. The van der Waals surface area contributed by atoms with Gasteiger partial charge in [-0.3, -0.25) is 0 Å². The molecule has 5 heteroatoms. The number of imidazole rings is 1. The maximum atomic E-state index is 14.0. The molecule has 1 aromatic heterocycles. The Kier molecular flexibility index (Phi) is 3.15. The number of aromatic nitrogens is 2. The fraction of sp³-hybridized carbons (Fsp3) is 0.125. The summed E-state index contributed by atoms with van der Waals surface area (Å²) in [6, 6.07) is 10.8. The Morgan fingerprint density at radius 2 is 1.90 bits per heavy atom. The molecule has 2 aromatic carbocycles. The molecule has 0 aliphatic heterocycles. The van der Waals surface area contributed by atoms with Gasteiger partial charge >= 0.3 is 0 Å². The van der Waals surface area contributed by atoms with E-state index in [0.29, 0.717) is 17.6 Å². The van der Waals surface area contributed by atoms with Crippen molar-refractivity contribution < 1.29 is 8.78 Å². The summed E-state index contributed by atoms with van der Waals surface area (Å²) in [4.78, 5) is 4.32. The van der Waals surface area contributed by atoms with Gasteiger partial charge in [0.25, 0.3) is 0 Å². The summed E-state index contributed by atoms with van der Waals surface area (Å²) in [6.07, 6.45) is 0. The van der Waals surface area contributed by atoms with Crippen molar-refractivity contribution in [2.45, 2.75) is 13.5 Å². The van der Waals surface area contributed by atoms with Crippen LogP contribution in [0, 0.1) is 23.0 Å². The number of nitriles is 1. The second-order valence-corrected chi connectivity index (χ2v) is 4.59. The standard InChI is InChI=1S/C16H11F2N3/c1-2-21-14-7-6-10(9-19)8-13(14)20-16(21)15-11(17)4-3-5-12(15)18/h3-8H,2H2,1H3. The fourth-order valence-corrected chi connectivity index (χ4v) is 2.42. The third kappa shape index (κ3) is 2.05. The molecule has 3 nitrogen and oxygen atoms in total. The topological polar surface area (TPSA) is 41.6 Å². The molecule has 104 valence electrons. The van der Waals surface area contributed by atoms with Crippen LogP contribution in [0.2, 0.25) is 0 Å². The third-order valence-electron chi connectivity index (χ3n) is 3.38. The Morgan fingerprint density at radius 3 is 2.52 bits per heavy atom. The summed E-state index contributed by atoms with van der Waals surface area (Å²) in [7, 11) is 0. The van der Waals surface area contributed by atoms with E-state index in [0.717, 1.165) is 5.52 Å². The normalized spacial score (nSPS) is 10.8. The van der Waals surface area contributed by atoms with Crippen LogP contribution in [0.1, 0.15) is 12.5 Å². The SMILES string of the molecule is CCn1c(-c2c(F)cccc2F)nc2cc(C#N)ccc21. The highest BCUT2D eigenvalue weighted by molar-refractivity contribution is 5.82. The van der Waals surface area contributed by atoms with Crippen LogP contribution >= 0.6 is 0 Å². The van der Waals surface area contributed by atoms with Gasteiger partial charge in [-0.05, 0) is 37.3 Å². The summed E-state index contributed by atoms with van der Waals surface area (Å²) in [6.45, 7) is 2.40. The molecule has 0 spiro atoms. The minimum Gasteiger partial charge on any atom is -0.324 e. The Labute approximate surface area is 120 Å². The molecule has 0 aliphatic carbocycles. The maximum Gasteiger partial charge on any atom is 0.147 e. The number of halogens is 2.